The molecule has 4 heterocycles. The van der Waals surface area contributed by atoms with Gasteiger partial charge in [0.25, 0.3) is 0 Å². The van der Waals surface area contributed by atoms with Crippen LogP contribution in [0.2, 0.25) is 0 Å². The number of hydrogen-bond acceptors (Lipinski definition) is 6. The van der Waals surface area contributed by atoms with Crippen LogP contribution in [-0.2, 0) is 0 Å². The maximum Gasteiger partial charge on any atom is 0.247 e. The molecule has 0 amide bonds. The molecule has 8 heteroatoms. The fourth-order valence-corrected chi connectivity index (χ4v) is 14.2. The molecule has 0 bridgehead atoms. The molecule has 0 fully saturated rings. The van der Waals surface area contributed by atoms with E-state index in [4.69, 9.17) is 9.47 Å². The van der Waals surface area contributed by atoms with Crippen molar-refractivity contribution in [2.75, 3.05) is 0 Å². The third-order valence-electron chi connectivity index (χ3n) is 11.7. The summed E-state index contributed by atoms with van der Waals surface area (Å²) in [4.78, 5) is 10.3. The number of rotatable bonds is 4. The maximum atomic E-state index is 6.67. The van der Waals surface area contributed by atoms with Crippen LogP contribution in [0.5, 0.6) is 23.0 Å². The minimum absolute atomic E-state index is 0.135. The molecule has 0 saturated heterocycles. The minimum Gasteiger partial charge on any atom is -0.457 e. The van der Waals surface area contributed by atoms with E-state index in [0.29, 0.717) is 0 Å². The van der Waals surface area contributed by atoms with Crippen LogP contribution in [0, 0.1) is 0 Å². The standard InChI is InChI=1S/C50H28B2O2S4/c1-3-11-31-21-33(19-17-29(31)9-1)53-35-23-45-49-47(25-35)57-43-28-44-40(27-39(43)51(49)37-13-5-7-15-41(37)55-45)52-38-14-6-8-16-42(38)56-46-24-36(26-48(58-44)50(46)52)54-34-20-18-30-10-2-4-12-32(30)22-34/h1-28H. The Balaban J connectivity index is 0.940. The van der Waals surface area contributed by atoms with Crippen molar-refractivity contribution in [1.82, 2.24) is 0 Å². The van der Waals surface area contributed by atoms with Gasteiger partial charge in [0.05, 0.1) is 0 Å². The van der Waals surface area contributed by atoms with E-state index in [9.17, 15) is 0 Å². The van der Waals surface area contributed by atoms with Gasteiger partial charge in [-0.15, -0.1) is 0 Å². The Morgan fingerprint density at radius 2 is 0.672 bits per heavy atom. The van der Waals surface area contributed by atoms with Crippen LogP contribution in [0.15, 0.2) is 209 Å². The summed E-state index contributed by atoms with van der Waals surface area (Å²) in [5, 5.41) is 4.77. The first-order chi connectivity index (χ1) is 28.7. The van der Waals surface area contributed by atoms with E-state index in [-0.39, 0.29) is 13.4 Å². The van der Waals surface area contributed by atoms with Crippen LogP contribution in [0.1, 0.15) is 0 Å². The number of fused-ring (bicyclic) bond motifs is 10. The van der Waals surface area contributed by atoms with Crippen LogP contribution in [0.25, 0.3) is 21.5 Å². The molecule has 0 saturated carbocycles. The first-order valence-corrected chi connectivity index (χ1v) is 22.7. The molecule has 13 rings (SSSR count). The lowest BCUT2D eigenvalue weighted by molar-refractivity contribution is 0.480. The normalized spacial score (nSPS) is 13.9. The highest BCUT2D eigenvalue weighted by molar-refractivity contribution is 8.02. The van der Waals surface area contributed by atoms with Crippen molar-refractivity contribution < 1.29 is 9.47 Å². The third-order valence-corrected chi connectivity index (χ3v) is 16.3. The summed E-state index contributed by atoms with van der Waals surface area (Å²) in [5.74, 6) is 3.44. The average Bonchev–Trinajstić information content (AvgIpc) is 3.25. The lowest BCUT2D eigenvalue weighted by Crippen LogP contribution is -2.62. The molecule has 2 nitrogen and oxygen atoms in total. The molecule has 4 aliphatic rings. The summed E-state index contributed by atoms with van der Waals surface area (Å²) in [6.07, 6.45) is 0. The van der Waals surface area contributed by atoms with E-state index in [0.717, 1.165) is 23.0 Å². The zero-order chi connectivity index (χ0) is 37.9. The van der Waals surface area contributed by atoms with Crippen LogP contribution in [0.3, 0.4) is 0 Å². The lowest BCUT2D eigenvalue weighted by atomic mass is 9.33. The van der Waals surface area contributed by atoms with Crippen molar-refractivity contribution in [1.29, 1.82) is 0 Å². The number of benzene rings is 9. The Hall–Kier alpha value is -5.37. The van der Waals surface area contributed by atoms with E-state index < -0.39 is 0 Å². The first kappa shape index (κ1) is 33.6. The fourth-order valence-electron chi connectivity index (χ4n) is 9.19. The summed E-state index contributed by atoms with van der Waals surface area (Å²) >= 11 is 7.51. The lowest BCUT2D eigenvalue weighted by Gasteiger charge is -2.37. The van der Waals surface area contributed by atoms with Crippen molar-refractivity contribution >= 4 is 115 Å². The molecule has 0 unspecified atom stereocenters. The topological polar surface area (TPSA) is 18.5 Å². The molecule has 9 aromatic rings. The molecule has 58 heavy (non-hydrogen) atoms. The monoisotopic (exact) mass is 810 g/mol. The number of ether oxygens (including phenoxy) is 2. The van der Waals surface area contributed by atoms with Crippen LogP contribution >= 0.6 is 47.0 Å². The van der Waals surface area contributed by atoms with Crippen molar-refractivity contribution in [3.63, 3.8) is 0 Å². The molecular formula is C50H28B2O2S4. The summed E-state index contributed by atoms with van der Waals surface area (Å²) in [5.41, 5.74) is 8.34. The van der Waals surface area contributed by atoms with Gasteiger partial charge in [0.15, 0.2) is 0 Å². The van der Waals surface area contributed by atoms with Gasteiger partial charge in [-0.3, -0.25) is 0 Å². The van der Waals surface area contributed by atoms with Crippen molar-refractivity contribution in [3.8, 4) is 23.0 Å². The maximum absolute atomic E-state index is 6.67. The Kier molecular flexibility index (Phi) is 7.57. The molecule has 0 aliphatic carbocycles. The zero-order valence-electron chi connectivity index (χ0n) is 30.8. The van der Waals surface area contributed by atoms with E-state index in [1.165, 1.54) is 93.5 Å². The molecular weight excluding hydrogens is 782 g/mol. The molecule has 0 radical (unpaired) electrons. The minimum atomic E-state index is 0.135. The summed E-state index contributed by atoms with van der Waals surface area (Å²) in [6, 6.07) is 61.7. The second-order valence-electron chi connectivity index (χ2n) is 15.2. The zero-order valence-corrected chi connectivity index (χ0v) is 34.0. The fraction of sp³-hybridized carbons (Fsp3) is 0. The van der Waals surface area contributed by atoms with Crippen molar-refractivity contribution in [2.45, 2.75) is 39.2 Å². The highest BCUT2D eigenvalue weighted by atomic mass is 32.2. The Morgan fingerprint density at radius 3 is 1.14 bits per heavy atom. The predicted molar refractivity (Wildman–Crippen MR) is 246 cm³/mol. The molecule has 0 aromatic heterocycles. The van der Waals surface area contributed by atoms with E-state index in [1.54, 1.807) is 0 Å². The predicted octanol–water partition coefficient (Wildman–Crippen LogP) is 10.5. The highest BCUT2D eigenvalue weighted by Crippen LogP contribution is 2.45. The van der Waals surface area contributed by atoms with Crippen LogP contribution in [0.4, 0.5) is 0 Å². The van der Waals surface area contributed by atoms with Gasteiger partial charge in [0.1, 0.15) is 23.0 Å². The smallest absolute Gasteiger partial charge is 0.247 e. The number of hydrogen-bond donors (Lipinski definition) is 0. The van der Waals surface area contributed by atoms with Crippen LogP contribution in [-0.4, -0.2) is 13.4 Å². The molecule has 0 atom stereocenters. The third kappa shape index (κ3) is 5.35. The van der Waals surface area contributed by atoms with E-state index >= 15 is 0 Å². The van der Waals surface area contributed by atoms with Gasteiger partial charge in [-0.2, -0.15) is 0 Å². The average molecular weight is 811 g/mol. The van der Waals surface area contributed by atoms with Gasteiger partial charge < -0.3 is 9.47 Å². The van der Waals surface area contributed by atoms with Gasteiger partial charge in [-0.05, 0) is 99.2 Å². The molecule has 0 spiro atoms. The molecule has 9 aromatic carbocycles. The van der Waals surface area contributed by atoms with E-state index in [2.05, 4.69) is 170 Å². The summed E-state index contributed by atoms with van der Waals surface area (Å²) in [7, 11) is 0. The Morgan fingerprint density at radius 1 is 0.276 bits per heavy atom. The highest BCUT2D eigenvalue weighted by Gasteiger charge is 2.43. The van der Waals surface area contributed by atoms with Crippen LogP contribution < -0.4 is 42.3 Å². The molecule has 0 N–H and O–H groups in total. The second-order valence-corrected chi connectivity index (χ2v) is 19.5. The van der Waals surface area contributed by atoms with Gasteiger partial charge >= 0.3 is 0 Å². The molecule has 4 aliphatic heterocycles. The first-order valence-electron chi connectivity index (χ1n) is 19.4. The van der Waals surface area contributed by atoms with Gasteiger partial charge in [0, 0.05) is 39.2 Å². The van der Waals surface area contributed by atoms with Gasteiger partial charge in [-0.25, -0.2) is 0 Å². The van der Waals surface area contributed by atoms with E-state index in [1.807, 2.05) is 47.0 Å². The Labute approximate surface area is 353 Å². The van der Waals surface area contributed by atoms with Crippen molar-refractivity contribution in [2.24, 2.45) is 0 Å². The molecule has 270 valence electrons. The van der Waals surface area contributed by atoms with Gasteiger partial charge in [-0.1, -0.05) is 172 Å². The quantitative estimate of drug-likeness (QED) is 0.164. The van der Waals surface area contributed by atoms with Crippen molar-refractivity contribution in [3.05, 3.63) is 170 Å². The Bertz CT molecular complexity index is 3030. The SMILES string of the molecule is c1ccc2c(c1)Sc1cc(Oc3ccc4ccccc4c3)cc3c1B2c1cc2c(cc1S3)Sc1cc(Oc3ccc4ccccc4c3)cc3c1B2c1ccccc1S3. The second kappa shape index (κ2) is 13.1. The van der Waals surface area contributed by atoms with Gasteiger partial charge in [0.2, 0.25) is 13.4 Å². The largest absolute Gasteiger partial charge is 0.457 e. The summed E-state index contributed by atoms with van der Waals surface area (Å²) in [6.45, 7) is 0.269. The summed E-state index contributed by atoms with van der Waals surface area (Å²) < 4.78 is 13.3.